The van der Waals surface area contributed by atoms with E-state index < -0.39 is 0 Å². The molecule has 4 saturated carbocycles. The molecule has 0 saturated heterocycles. The molecule has 1 N–H and O–H groups in total. The normalized spacial score (nSPS) is 42.7. The Morgan fingerprint density at radius 2 is 1.61 bits per heavy atom. The van der Waals surface area contributed by atoms with Gasteiger partial charge < -0.3 is 5.32 Å². The minimum absolute atomic E-state index is 0.00782. The Hall–Kier alpha value is -0.530. The summed E-state index contributed by atoms with van der Waals surface area (Å²) in [5.74, 6) is 2.97. The third kappa shape index (κ3) is 2.19. The van der Waals surface area contributed by atoms with E-state index in [0.717, 1.165) is 24.2 Å². The lowest BCUT2D eigenvalue weighted by Gasteiger charge is -2.45. The summed E-state index contributed by atoms with van der Waals surface area (Å²) in [6, 6.07) is 0. The summed E-state index contributed by atoms with van der Waals surface area (Å²) in [5, 5.41) is 3.26. The lowest BCUT2D eigenvalue weighted by molar-refractivity contribution is -0.137. The van der Waals surface area contributed by atoms with Crippen molar-refractivity contribution in [2.24, 2.45) is 23.2 Å². The lowest BCUT2D eigenvalue weighted by Crippen LogP contribution is -2.51. The zero-order valence-corrected chi connectivity index (χ0v) is 12.1. The molecule has 4 aliphatic carbocycles. The second kappa shape index (κ2) is 3.98. The number of hydrogen-bond acceptors (Lipinski definition) is 1. The number of carbonyl (C=O) groups excluding carboxylic acids is 1. The molecular weight excluding hydrogens is 222 g/mol. The van der Waals surface area contributed by atoms with E-state index >= 15 is 0 Å². The Balaban J connectivity index is 1.83. The minimum atomic E-state index is -0.0893. The van der Waals surface area contributed by atoms with Gasteiger partial charge in [-0.2, -0.15) is 0 Å². The number of rotatable bonds is 1. The number of amides is 1. The van der Waals surface area contributed by atoms with Gasteiger partial charge in [-0.25, -0.2) is 0 Å². The van der Waals surface area contributed by atoms with Gasteiger partial charge in [0.2, 0.25) is 5.91 Å². The molecule has 0 aliphatic heterocycles. The standard InChI is InChI=1S/C16H27NO/c1-15(2,3)17-14(18)16-5-4-11-6-12(9-16)8-13(7-11)10-16/h11-13H,4-10H2,1-3H3,(H,17,18)/t11?,12-,13+,16?. The molecule has 4 atom stereocenters. The van der Waals surface area contributed by atoms with Gasteiger partial charge in [0.25, 0.3) is 0 Å². The lowest BCUT2D eigenvalue weighted by atomic mass is 9.61. The smallest absolute Gasteiger partial charge is 0.226 e. The molecule has 0 heterocycles. The van der Waals surface area contributed by atoms with Gasteiger partial charge >= 0.3 is 0 Å². The quantitative estimate of drug-likeness (QED) is 0.757. The van der Waals surface area contributed by atoms with E-state index in [9.17, 15) is 4.79 Å². The van der Waals surface area contributed by atoms with Gasteiger partial charge in [0.1, 0.15) is 0 Å². The molecule has 2 heteroatoms. The highest BCUT2D eigenvalue weighted by molar-refractivity contribution is 5.83. The molecule has 2 unspecified atom stereocenters. The van der Waals surface area contributed by atoms with Gasteiger partial charge in [0.05, 0.1) is 0 Å². The predicted octanol–water partition coefficient (Wildman–Crippen LogP) is 3.51. The average Bonchev–Trinajstić information content (AvgIpc) is 2.41. The average molecular weight is 249 g/mol. The zero-order chi connectivity index (χ0) is 13.0. The van der Waals surface area contributed by atoms with E-state index in [1.165, 1.54) is 38.5 Å². The van der Waals surface area contributed by atoms with Crippen molar-refractivity contribution >= 4 is 5.91 Å². The third-order valence-corrected chi connectivity index (χ3v) is 5.36. The van der Waals surface area contributed by atoms with Crippen molar-refractivity contribution in [1.29, 1.82) is 0 Å². The molecule has 4 aliphatic rings. The highest BCUT2D eigenvalue weighted by Gasteiger charge is 2.51. The summed E-state index contributed by atoms with van der Waals surface area (Å²) < 4.78 is 0. The van der Waals surface area contributed by atoms with Gasteiger partial charge in [0.15, 0.2) is 0 Å². The zero-order valence-electron chi connectivity index (χ0n) is 12.1. The largest absolute Gasteiger partial charge is 0.351 e. The fraction of sp³-hybridized carbons (Fsp3) is 0.938. The van der Waals surface area contributed by atoms with Crippen LogP contribution in [0.15, 0.2) is 0 Å². The van der Waals surface area contributed by atoms with E-state index in [2.05, 4.69) is 26.1 Å². The topological polar surface area (TPSA) is 29.1 Å². The highest BCUT2D eigenvalue weighted by Crippen LogP contribution is 2.57. The van der Waals surface area contributed by atoms with E-state index in [4.69, 9.17) is 0 Å². The van der Waals surface area contributed by atoms with Gasteiger partial charge in [-0.05, 0) is 83.5 Å². The van der Waals surface area contributed by atoms with Crippen molar-refractivity contribution in [3.05, 3.63) is 0 Å². The summed E-state index contributed by atoms with van der Waals surface area (Å²) in [5.41, 5.74) is -0.0971. The molecule has 0 aromatic rings. The number of carbonyl (C=O) groups is 1. The molecule has 4 bridgehead atoms. The first-order valence-electron chi connectivity index (χ1n) is 7.69. The minimum Gasteiger partial charge on any atom is -0.351 e. The van der Waals surface area contributed by atoms with E-state index in [1.807, 2.05) is 0 Å². The van der Waals surface area contributed by atoms with Crippen LogP contribution >= 0.6 is 0 Å². The molecule has 102 valence electrons. The van der Waals surface area contributed by atoms with E-state index in [-0.39, 0.29) is 11.0 Å². The molecular formula is C16H27NO. The molecule has 4 fully saturated rings. The van der Waals surface area contributed by atoms with Gasteiger partial charge in [-0.1, -0.05) is 0 Å². The summed E-state index contributed by atoms with van der Waals surface area (Å²) in [6.45, 7) is 6.29. The van der Waals surface area contributed by atoms with Crippen LogP contribution in [-0.4, -0.2) is 11.4 Å². The van der Waals surface area contributed by atoms with Crippen LogP contribution in [0.1, 0.15) is 65.7 Å². The fourth-order valence-electron chi connectivity index (χ4n) is 4.92. The van der Waals surface area contributed by atoms with Gasteiger partial charge in [-0.3, -0.25) is 4.79 Å². The van der Waals surface area contributed by atoms with Crippen molar-refractivity contribution in [3.63, 3.8) is 0 Å². The van der Waals surface area contributed by atoms with Gasteiger partial charge in [0, 0.05) is 11.0 Å². The monoisotopic (exact) mass is 249 g/mol. The Morgan fingerprint density at radius 3 is 2.17 bits per heavy atom. The second-order valence-corrected chi connectivity index (χ2v) is 8.24. The Bertz CT molecular complexity index is 341. The maximum Gasteiger partial charge on any atom is 0.226 e. The molecule has 0 spiro atoms. The first-order valence-corrected chi connectivity index (χ1v) is 7.69. The number of nitrogens with one attached hydrogen (secondary N) is 1. The number of fused-ring (bicyclic) bond motifs is 1. The molecule has 4 rings (SSSR count). The van der Waals surface area contributed by atoms with Crippen LogP contribution in [0.3, 0.4) is 0 Å². The fourth-order valence-corrected chi connectivity index (χ4v) is 4.92. The summed E-state index contributed by atoms with van der Waals surface area (Å²) in [7, 11) is 0. The molecule has 1 amide bonds. The van der Waals surface area contributed by atoms with Gasteiger partial charge in [-0.15, -0.1) is 0 Å². The van der Waals surface area contributed by atoms with Crippen LogP contribution in [0.2, 0.25) is 0 Å². The van der Waals surface area contributed by atoms with Crippen molar-refractivity contribution in [2.45, 2.75) is 71.3 Å². The SMILES string of the molecule is CC(C)(C)NC(=O)C12CCC3C[C@H](C[C@H](C3)C1)C2. The van der Waals surface area contributed by atoms with Crippen LogP contribution < -0.4 is 5.32 Å². The van der Waals surface area contributed by atoms with Crippen LogP contribution in [-0.2, 0) is 4.79 Å². The molecule has 18 heavy (non-hydrogen) atoms. The van der Waals surface area contributed by atoms with E-state index in [0.29, 0.717) is 5.91 Å². The molecule has 0 aromatic carbocycles. The number of hydrogen-bond donors (Lipinski definition) is 1. The predicted molar refractivity (Wildman–Crippen MR) is 73.1 cm³/mol. The van der Waals surface area contributed by atoms with Crippen LogP contribution in [0, 0.1) is 23.2 Å². The van der Waals surface area contributed by atoms with Crippen LogP contribution in [0.5, 0.6) is 0 Å². The highest BCUT2D eigenvalue weighted by atomic mass is 16.2. The van der Waals surface area contributed by atoms with Crippen molar-refractivity contribution < 1.29 is 4.79 Å². The molecule has 2 nitrogen and oxygen atoms in total. The van der Waals surface area contributed by atoms with Crippen LogP contribution in [0.4, 0.5) is 0 Å². The van der Waals surface area contributed by atoms with Crippen molar-refractivity contribution in [1.82, 2.24) is 5.32 Å². The Morgan fingerprint density at radius 1 is 1.06 bits per heavy atom. The Kier molecular flexibility index (Phi) is 2.76. The second-order valence-electron chi connectivity index (χ2n) is 8.24. The maximum atomic E-state index is 12.8. The van der Waals surface area contributed by atoms with Crippen molar-refractivity contribution in [2.75, 3.05) is 0 Å². The first-order chi connectivity index (χ1) is 8.36. The third-order valence-electron chi connectivity index (χ3n) is 5.36. The molecule has 0 radical (unpaired) electrons. The summed E-state index contributed by atoms with van der Waals surface area (Å²) >= 11 is 0. The molecule has 0 aromatic heterocycles. The van der Waals surface area contributed by atoms with Crippen LogP contribution in [0.25, 0.3) is 0 Å². The summed E-state index contributed by atoms with van der Waals surface area (Å²) in [4.78, 5) is 12.8. The maximum absolute atomic E-state index is 12.8. The van der Waals surface area contributed by atoms with E-state index in [1.54, 1.807) is 0 Å². The van der Waals surface area contributed by atoms with Crippen molar-refractivity contribution in [3.8, 4) is 0 Å². The summed E-state index contributed by atoms with van der Waals surface area (Å²) in [6.07, 6.45) is 8.99. The Labute approximate surface area is 111 Å². The first kappa shape index (κ1) is 12.5.